The van der Waals surface area contributed by atoms with Gasteiger partial charge in [0.1, 0.15) is 0 Å². The van der Waals surface area contributed by atoms with Gasteiger partial charge in [-0.25, -0.2) is 0 Å². The first-order valence-corrected chi connectivity index (χ1v) is 16.6. The van der Waals surface area contributed by atoms with Gasteiger partial charge in [0.15, 0.2) is 0 Å². The zero-order valence-electron chi connectivity index (χ0n) is 25.2. The van der Waals surface area contributed by atoms with Crippen LogP contribution in [0.4, 0.5) is 17.1 Å². The third-order valence-corrected chi connectivity index (χ3v) is 11.3. The maximum absolute atomic E-state index is 2.63. The van der Waals surface area contributed by atoms with Crippen LogP contribution in [-0.4, -0.2) is 11.3 Å². The summed E-state index contributed by atoms with van der Waals surface area (Å²) in [4.78, 5) is 5.09. The minimum Gasteiger partial charge on any atom is -0.310 e. The van der Waals surface area contributed by atoms with Crippen LogP contribution in [-0.2, 0) is 5.41 Å². The van der Waals surface area contributed by atoms with E-state index in [1.807, 2.05) is 11.8 Å². The van der Waals surface area contributed by atoms with E-state index < -0.39 is 0 Å². The summed E-state index contributed by atoms with van der Waals surface area (Å²) in [5, 5.41) is 1.37. The van der Waals surface area contributed by atoms with E-state index in [1.165, 1.54) is 70.8 Å². The number of fused-ring (bicyclic) bond motifs is 9. The van der Waals surface area contributed by atoms with Crippen LogP contribution in [0.5, 0.6) is 0 Å². The number of benzene rings is 6. The number of hydrogen-bond acceptors (Lipinski definition) is 2. The molecule has 0 saturated carbocycles. The molecule has 0 N–H and O–H groups in total. The van der Waals surface area contributed by atoms with Crippen molar-refractivity contribution in [3.63, 3.8) is 0 Å². The van der Waals surface area contributed by atoms with E-state index in [0.717, 1.165) is 11.4 Å². The van der Waals surface area contributed by atoms with Crippen molar-refractivity contribution in [2.75, 3.05) is 4.90 Å². The predicted molar refractivity (Wildman–Crippen MR) is 191 cm³/mol. The highest BCUT2D eigenvalue weighted by Gasteiger charge is 2.45. The lowest BCUT2D eigenvalue weighted by atomic mass is 9.35. The van der Waals surface area contributed by atoms with Crippen LogP contribution in [0.1, 0.15) is 25.0 Å². The van der Waals surface area contributed by atoms with Crippen LogP contribution >= 0.6 is 11.8 Å². The quantitative estimate of drug-likeness (QED) is 0.190. The van der Waals surface area contributed by atoms with Crippen LogP contribution < -0.4 is 21.3 Å². The van der Waals surface area contributed by atoms with Gasteiger partial charge >= 0.3 is 0 Å². The van der Waals surface area contributed by atoms with E-state index in [2.05, 4.69) is 163 Å². The SMILES string of the molecule is CC1(C)c2ccccc2-c2c1c1cccc3c1n2-c1cc(N(c2ccccc2)c2ccccc2)cc2c1B3c1ccccc1S2. The number of aromatic nitrogens is 1. The Morgan fingerprint density at radius 1 is 0.622 bits per heavy atom. The van der Waals surface area contributed by atoms with Crippen LogP contribution in [0, 0.1) is 0 Å². The molecule has 45 heavy (non-hydrogen) atoms. The van der Waals surface area contributed by atoms with Gasteiger partial charge in [0.25, 0.3) is 0 Å². The van der Waals surface area contributed by atoms with Gasteiger partial charge in [-0.1, -0.05) is 128 Å². The Hall–Kier alpha value is -4.93. The average Bonchev–Trinajstić information content (AvgIpc) is 3.55. The number of nitrogens with zero attached hydrogens (tertiary/aromatic N) is 2. The Labute approximate surface area is 268 Å². The van der Waals surface area contributed by atoms with Gasteiger partial charge < -0.3 is 9.47 Å². The highest BCUT2D eigenvalue weighted by atomic mass is 32.2. The molecule has 1 aliphatic carbocycles. The highest BCUT2D eigenvalue weighted by molar-refractivity contribution is 8.00. The number of anilines is 3. The molecule has 2 nitrogen and oxygen atoms in total. The van der Waals surface area contributed by atoms with Gasteiger partial charge in [0.05, 0.1) is 5.69 Å². The van der Waals surface area contributed by atoms with Crippen molar-refractivity contribution in [2.45, 2.75) is 29.1 Å². The zero-order valence-corrected chi connectivity index (χ0v) is 26.0. The smallest absolute Gasteiger partial charge is 0.249 e. The summed E-state index contributed by atoms with van der Waals surface area (Å²) in [6.45, 7) is 5.00. The summed E-state index contributed by atoms with van der Waals surface area (Å²) in [6, 6.07) is 51.6. The molecule has 0 spiro atoms. The van der Waals surface area contributed by atoms with Crippen molar-refractivity contribution in [2.24, 2.45) is 0 Å². The number of rotatable bonds is 3. The lowest BCUT2D eigenvalue weighted by Crippen LogP contribution is -2.58. The van der Waals surface area contributed by atoms with Crippen molar-refractivity contribution in [3.8, 4) is 16.9 Å². The summed E-state index contributed by atoms with van der Waals surface area (Å²) >= 11 is 1.92. The third kappa shape index (κ3) is 3.33. The second-order valence-electron chi connectivity index (χ2n) is 12.9. The Kier molecular flexibility index (Phi) is 5.11. The molecule has 7 aromatic rings. The largest absolute Gasteiger partial charge is 0.310 e. The maximum Gasteiger partial charge on any atom is 0.249 e. The minimum absolute atomic E-state index is 0.0958. The molecule has 3 aliphatic rings. The van der Waals surface area contributed by atoms with Gasteiger partial charge in [-0.05, 0) is 64.5 Å². The Morgan fingerprint density at radius 3 is 2.07 bits per heavy atom. The molecule has 0 bridgehead atoms. The van der Waals surface area contributed by atoms with Gasteiger partial charge in [0.2, 0.25) is 6.71 Å². The third-order valence-electron chi connectivity index (χ3n) is 10.2. The van der Waals surface area contributed by atoms with Gasteiger partial charge in [-0.15, -0.1) is 0 Å². The van der Waals surface area contributed by atoms with Crippen molar-refractivity contribution >= 4 is 62.8 Å². The van der Waals surface area contributed by atoms with E-state index in [4.69, 9.17) is 0 Å². The van der Waals surface area contributed by atoms with Crippen LogP contribution in [0.25, 0.3) is 27.8 Å². The maximum atomic E-state index is 2.63. The van der Waals surface area contributed by atoms with E-state index in [9.17, 15) is 0 Å². The van der Waals surface area contributed by atoms with E-state index in [0.29, 0.717) is 0 Å². The van der Waals surface area contributed by atoms with E-state index in [-0.39, 0.29) is 12.1 Å². The fourth-order valence-corrected chi connectivity index (χ4v) is 9.59. The molecule has 212 valence electrons. The molecule has 10 rings (SSSR count). The van der Waals surface area contributed by atoms with Crippen molar-refractivity contribution in [1.29, 1.82) is 0 Å². The normalized spacial score (nSPS) is 14.5. The van der Waals surface area contributed by atoms with Crippen LogP contribution in [0.15, 0.2) is 149 Å². The zero-order chi connectivity index (χ0) is 29.9. The standard InChI is InChI=1S/C41H29BN2S/c1-41(2)31-20-10-9-18-29(31)40-37(41)30-19-13-22-33-39(30)44(40)34-24-28(25-36-38(34)42(33)32-21-11-12-23-35(32)45-36)43(26-14-5-3-6-15-26)27-16-7-4-8-17-27/h3-25H,1-2H3. The molecule has 1 aromatic heterocycles. The molecule has 4 heteroatoms. The molecule has 2 aliphatic heterocycles. The minimum atomic E-state index is -0.0958. The van der Waals surface area contributed by atoms with E-state index in [1.54, 1.807) is 0 Å². The first-order chi connectivity index (χ1) is 22.1. The molecule has 6 aromatic carbocycles. The summed E-state index contributed by atoms with van der Waals surface area (Å²) in [5.41, 5.74) is 15.8. The molecule has 0 amide bonds. The van der Waals surface area contributed by atoms with Crippen molar-refractivity contribution in [1.82, 2.24) is 4.57 Å². The van der Waals surface area contributed by atoms with Gasteiger partial charge in [-0.2, -0.15) is 0 Å². The fraction of sp³-hybridized carbons (Fsp3) is 0.0732. The molecule has 0 fully saturated rings. The highest BCUT2D eigenvalue weighted by Crippen LogP contribution is 2.54. The Morgan fingerprint density at radius 2 is 1.29 bits per heavy atom. The second kappa shape index (κ2) is 9.06. The van der Waals surface area contributed by atoms with Crippen LogP contribution in [0.2, 0.25) is 0 Å². The molecule has 0 unspecified atom stereocenters. The predicted octanol–water partition coefficient (Wildman–Crippen LogP) is 8.70. The van der Waals surface area contributed by atoms with Crippen LogP contribution in [0.3, 0.4) is 0 Å². The van der Waals surface area contributed by atoms with Crippen molar-refractivity contribution < 1.29 is 0 Å². The van der Waals surface area contributed by atoms with Gasteiger partial charge in [-0.3, -0.25) is 0 Å². The van der Waals surface area contributed by atoms with Crippen molar-refractivity contribution in [3.05, 3.63) is 151 Å². The lowest BCUT2D eigenvalue weighted by Gasteiger charge is -2.35. The molecule has 0 radical (unpaired) electrons. The Bertz CT molecular complexity index is 2300. The summed E-state index contributed by atoms with van der Waals surface area (Å²) in [5.74, 6) is 0. The monoisotopic (exact) mass is 592 g/mol. The lowest BCUT2D eigenvalue weighted by molar-refractivity contribution is 0.666. The average molecular weight is 593 g/mol. The molecule has 0 saturated heterocycles. The fourth-order valence-electron chi connectivity index (χ4n) is 8.39. The molecular formula is C41H29BN2S. The Balaban J connectivity index is 1.36. The molecule has 3 heterocycles. The van der Waals surface area contributed by atoms with Gasteiger partial charge in [0, 0.05) is 54.4 Å². The summed E-state index contributed by atoms with van der Waals surface area (Å²) < 4.78 is 2.63. The summed E-state index contributed by atoms with van der Waals surface area (Å²) in [6.07, 6.45) is 0. The summed E-state index contributed by atoms with van der Waals surface area (Å²) in [7, 11) is 0. The first kappa shape index (κ1) is 25.4. The second-order valence-corrected chi connectivity index (χ2v) is 14.0. The number of para-hydroxylation sites is 3. The topological polar surface area (TPSA) is 8.17 Å². The number of hydrogen-bond donors (Lipinski definition) is 0. The van der Waals surface area contributed by atoms with E-state index >= 15 is 0 Å². The first-order valence-electron chi connectivity index (χ1n) is 15.7. The molecular weight excluding hydrogens is 563 g/mol. The molecule has 0 atom stereocenters.